The second-order valence-corrected chi connectivity index (χ2v) is 11.9. The largest absolute Gasteiger partial charge is 0.490 e. The van der Waals surface area contributed by atoms with Crippen molar-refractivity contribution in [1.29, 1.82) is 0 Å². The summed E-state index contributed by atoms with van der Waals surface area (Å²) in [6, 6.07) is 13.2. The fraction of sp³-hybridized carbons (Fsp3) is 0.179. The van der Waals surface area contributed by atoms with Crippen LogP contribution in [0, 0.1) is 0 Å². The summed E-state index contributed by atoms with van der Waals surface area (Å²) in [5.41, 5.74) is 1.44. The molecule has 0 aromatic heterocycles. The molecular formula is C28H23ClN2O9S2. The first kappa shape index (κ1) is 29.3. The summed E-state index contributed by atoms with van der Waals surface area (Å²) in [7, 11) is -4.24. The van der Waals surface area contributed by atoms with E-state index in [9.17, 15) is 22.8 Å². The highest BCUT2D eigenvalue weighted by Crippen LogP contribution is 2.40. The fourth-order valence-electron chi connectivity index (χ4n) is 4.06. The molecule has 0 unspecified atom stereocenters. The number of anilines is 1. The van der Waals surface area contributed by atoms with Gasteiger partial charge in [-0.05, 0) is 78.4 Å². The van der Waals surface area contributed by atoms with Gasteiger partial charge in [0.15, 0.2) is 23.0 Å². The summed E-state index contributed by atoms with van der Waals surface area (Å²) in [5, 5.41) is 2.42. The van der Waals surface area contributed by atoms with Crippen molar-refractivity contribution < 1.29 is 41.2 Å². The standard InChI is InChI=1S/C28H23ClN2O9S2/c1-3-37-23-10-17(4-9-22(23)40-42(35,36)20-7-5-19(6-8-20)30-16(2)32)11-26-27(33)31(28(34)41-26)14-18-12-24-25(13-21(18)29)39-15-38-24/h4-13H,3,14-15H2,1-2H3,(H,30,32)/b26-11-. The molecule has 0 saturated carbocycles. The Hall–Kier alpha value is -4.20. The quantitative estimate of drug-likeness (QED) is 0.241. The minimum atomic E-state index is -4.24. The lowest BCUT2D eigenvalue weighted by Crippen LogP contribution is -2.27. The molecule has 0 aliphatic carbocycles. The molecule has 3 aromatic rings. The van der Waals surface area contributed by atoms with Crippen LogP contribution < -0.4 is 23.7 Å². The van der Waals surface area contributed by atoms with Crippen molar-refractivity contribution in [3.05, 3.63) is 75.7 Å². The summed E-state index contributed by atoms with van der Waals surface area (Å²) >= 11 is 7.10. The molecule has 2 heterocycles. The minimum Gasteiger partial charge on any atom is -0.490 e. The molecule has 2 aliphatic heterocycles. The molecule has 5 rings (SSSR count). The van der Waals surface area contributed by atoms with Gasteiger partial charge in [0, 0.05) is 23.7 Å². The zero-order chi connectivity index (χ0) is 30.0. The van der Waals surface area contributed by atoms with Gasteiger partial charge in [-0.1, -0.05) is 17.7 Å². The molecule has 0 spiro atoms. The number of carbonyl (C=O) groups excluding carboxylic acids is 3. The Balaban J connectivity index is 1.34. The molecule has 0 bridgehead atoms. The van der Waals surface area contributed by atoms with Gasteiger partial charge in [-0.3, -0.25) is 19.3 Å². The van der Waals surface area contributed by atoms with Crippen LogP contribution >= 0.6 is 23.4 Å². The average Bonchev–Trinajstić information content (AvgIpc) is 3.49. The van der Waals surface area contributed by atoms with E-state index >= 15 is 0 Å². The molecule has 2 aliphatic rings. The molecule has 0 radical (unpaired) electrons. The second kappa shape index (κ2) is 12.0. The molecule has 42 heavy (non-hydrogen) atoms. The zero-order valence-corrected chi connectivity index (χ0v) is 24.6. The van der Waals surface area contributed by atoms with E-state index in [1.54, 1.807) is 19.1 Å². The van der Waals surface area contributed by atoms with Gasteiger partial charge in [-0.2, -0.15) is 8.42 Å². The van der Waals surface area contributed by atoms with Gasteiger partial charge in [-0.25, -0.2) is 0 Å². The normalized spacial score (nSPS) is 15.3. The molecule has 1 fully saturated rings. The smallest absolute Gasteiger partial charge is 0.339 e. The van der Waals surface area contributed by atoms with E-state index in [1.165, 1.54) is 55.5 Å². The highest BCUT2D eigenvalue weighted by molar-refractivity contribution is 8.18. The number of hydrogen-bond acceptors (Lipinski definition) is 10. The van der Waals surface area contributed by atoms with Crippen molar-refractivity contribution in [3.8, 4) is 23.0 Å². The Bertz CT molecular complexity index is 1720. The van der Waals surface area contributed by atoms with Gasteiger partial charge in [0.1, 0.15) is 4.90 Å². The lowest BCUT2D eigenvalue weighted by molar-refractivity contribution is -0.123. The van der Waals surface area contributed by atoms with Crippen molar-refractivity contribution in [2.24, 2.45) is 0 Å². The van der Waals surface area contributed by atoms with Crippen LogP contribution in [0.1, 0.15) is 25.0 Å². The Morgan fingerprint density at radius 2 is 1.79 bits per heavy atom. The van der Waals surface area contributed by atoms with Gasteiger partial charge in [0.2, 0.25) is 12.7 Å². The third-order valence-electron chi connectivity index (χ3n) is 5.97. The number of nitrogens with zero attached hydrogens (tertiary/aromatic N) is 1. The Kier molecular flexibility index (Phi) is 8.34. The zero-order valence-electron chi connectivity index (χ0n) is 22.2. The number of nitrogens with one attached hydrogen (secondary N) is 1. The number of benzene rings is 3. The van der Waals surface area contributed by atoms with E-state index in [1.807, 2.05) is 0 Å². The van der Waals surface area contributed by atoms with E-state index < -0.39 is 21.3 Å². The summed E-state index contributed by atoms with van der Waals surface area (Å²) in [5.74, 6) is 0.223. The van der Waals surface area contributed by atoms with Crippen molar-refractivity contribution in [3.63, 3.8) is 0 Å². The molecular weight excluding hydrogens is 608 g/mol. The predicted octanol–water partition coefficient (Wildman–Crippen LogP) is 5.43. The summed E-state index contributed by atoms with van der Waals surface area (Å²) in [6.07, 6.45) is 1.51. The molecule has 3 aromatic carbocycles. The topological polar surface area (TPSA) is 138 Å². The number of fused-ring (bicyclic) bond motifs is 1. The first-order valence-electron chi connectivity index (χ1n) is 12.5. The first-order chi connectivity index (χ1) is 20.0. The number of imide groups is 1. The third kappa shape index (κ3) is 6.32. The van der Waals surface area contributed by atoms with Crippen molar-refractivity contribution >= 4 is 62.3 Å². The Labute approximate surface area is 250 Å². The fourth-order valence-corrected chi connectivity index (χ4v) is 6.06. The third-order valence-corrected chi connectivity index (χ3v) is 8.48. The number of hydrogen-bond donors (Lipinski definition) is 1. The molecule has 14 heteroatoms. The number of carbonyl (C=O) groups is 3. The Morgan fingerprint density at radius 3 is 2.48 bits per heavy atom. The van der Waals surface area contributed by atoms with E-state index in [2.05, 4.69) is 5.32 Å². The summed E-state index contributed by atoms with van der Waals surface area (Å²) in [6.45, 7) is 3.27. The predicted molar refractivity (Wildman–Crippen MR) is 155 cm³/mol. The van der Waals surface area contributed by atoms with Crippen LogP contribution in [-0.4, -0.2) is 43.8 Å². The average molecular weight is 631 g/mol. The van der Waals surface area contributed by atoms with Crippen LogP contribution in [0.15, 0.2) is 64.4 Å². The monoisotopic (exact) mass is 630 g/mol. The number of halogens is 1. The minimum absolute atomic E-state index is 0.0574. The molecule has 3 amide bonds. The molecule has 1 saturated heterocycles. The van der Waals surface area contributed by atoms with E-state index in [4.69, 9.17) is 30.0 Å². The lowest BCUT2D eigenvalue weighted by atomic mass is 10.1. The van der Waals surface area contributed by atoms with E-state index in [-0.39, 0.29) is 47.2 Å². The number of thioether (sulfide) groups is 1. The van der Waals surface area contributed by atoms with Crippen molar-refractivity contribution in [2.75, 3.05) is 18.7 Å². The summed E-state index contributed by atoms with van der Waals surface area (Å²) < 4.78 is 47.5. The number of ether oxygens (including phenoxy) is 3. The lowest BCUT2D eigenvalue weighted by Gasteiger charge is -2.14. The SMILES string of the molecule is CCOc1cc(/C=C2\SC(=O)N(Cc3cc4c(cc3Cl)OCO4)C2=O)ccc1OS(=O)(=O)c1ccc(NC(C)=O)cc1. The molecule has 1 N–H and O–H groups in total. The van der Waals surface area contributed by atoms with Crippen LogP contribution in [0.2, 0.25) is 5.02 Å². The van der Waals surface area contributed by atoms with Crippen LogP contribution in [0.3, 0.4) is 0 Å². The molecule has 11 nitrogen and oxygen atoms in total. The summed E-state index contributed by atoms with van der Waals surface area (Å²) in [4.78, 5) is 38.2. The first-order valence-corrected chi connectivity index (χ1v) is 15.1. The van der Waals surface area contributed by atoms with Gasteiger partial charge >= 0.3 is 10.1 Å². The highest BCUT2D eigenvalue weighted by atomic mass is 35.5. The van der Waals surface area contributed by atoms with E-state index in [0.717, 1.165) is 16.7 Å². The van der Waals surface area contributed by atoms with Crippen LogP contribution in [-0.2, 0) is 26.3 Å². The van der Waals surface area contributed by atoms with Crippen LogP contribution in [0.5, 0.6) is 23.0 Å². The maximum atomic E-state index is 13.1. The van der Waals surface area contributed by atoms with Crippen LogP contribution in [0.25, 0.3) is 6.08 Å². The van der Waals surface area contributed by atoms with E-state index in [0.29, 0.717) is 33.3 Å². The van der Waals surface area contributed by atoms with Crippen molar-refractivity contribution in [2.45, 2.75) is 25.3 Å². The maximum absolute atomic E-state index is 13.1. The van der Waals surface area contributed by atoms with Gasteiger partial charge in [0.05, 0.1) is 18.1 Å². The van der Waals surface area contributed by atoms with Crippen LogP contribution in [0.4, 0.5) is 10.5 Å². The van der Waals surface area contributed by atoms with Gasteiger partial charge in [-0.15, -0.1) is 0 Å². The van der Waals surface area contributed by atoms with Gasteiger partial charge in [0.25, 0.3) is 11.1 Å². The Morgan fingerprint density at radius 1 is 1.07 bits per heavy atom. The van der Waals surface area contributed by atoms with Gasteiger partial charge < -0.3 is 23.7 Å². The maximum Gasteiger partial charge on any atom is 0.339 e. The number of amides is 3. The second-order valence-electron chi connectivity index (χ2n) is 8.95. The molecule has 218 valence electrons. The van der Waals surface area contributed by atoms with Crippen molar-refractivity contribution in [1.82, 2.24) is 4.90 Å². The number of rotatable bonds is 9. The highest BCUT2D eigenvalue weighted by Gasteiger charge is 2.36. The molecule has 0 atom stereocenters.